The molecule has 2 aromatic rings. The van der Waals surface area contributed by atoms with Crippen LogP contribution in [0.25, 0.3) is 0 Å². The highest BCUT2D eigenvalue weighted by Gasteiger charge is 2.17. The lowest BCUT2D eigenvalue weighted by molar-refractivity contribution is -0.149. The molecule has 0 aliphatic rings. The molecular weight excluding hydrogens is 396 g/mol. The van der Waals surface area contributed by atoms with Crippen LogP contribution < -0.4 is 14.2 Å². The second-order valence-electron chi connectivity index (χ2n) is 6.68. The molecule has 0 amide bonds. The summed E-state index contributed by atoms with van der Waals surface area (Å²) in [5.41, 5.74) is 2.55. The largest absolute Gasteiger partial charge is 0.497 e. The van der Waals surface area contributed by atoms with Crippen molar-refractivity contribution in [3.05, 3.63) is 65.2 Å². The molecule has 1 atom stereocenters. The van der Waals surface area contributed by atoms with Crippen LogP contribution in [-0.4, -0.2) is 44.6 Å². The number of rotatable bonds is 10. The molecule has 0 fully saturated rings. The number of carboxylic acid groups (broad SMARTS) is 1. The fourth-order valence-corrected chi connectivity index (χ4v) is 2.72. The minimum Gasteiger partial charge on any atom is -0.497 e. The summed E-state index contributed by atoms with van der Waals surface area (Å²) in [5, 5.41) is 9.18. The van der Waals surface area contributed by atoms with E-state index in [1.165, 1.54) is 0 Å². The molecule has 6 nitrogen and oxygen atoms in total. The van der Waals surface area contributed by atoms with Gasteiger partial charge in [0, 0.05) is 24.7 Å². The lowest BCUT2D eigenvalue weighted by atomic mass is 10.1. The van der Waals surface area contributed by atoms with Gasteiger partial charge in [-0.3, -0.25) is 0 Å². The van der Waals surface area contributed by atoms with Crippen LogP contribution in [0.2, 0.25) is 0 Å². The highest BCUT2D eigenvalue weighted by Crippen LogP contribution is 2.22. The molecule has 0 unspecified atom stereocenters. The molecule has 2 rings (SSSR count). The van der Waals surface area contributed by atoms with Crippen LogP contribution in [0.3, 0.4) is 0 Å². The van der Waals surface area contributed by atoms with Gasteiger partial charge < -0.3 is 24.1 Å². The van der Waals surface area contributed by atoms with Crippen molar-refractivity contribution in [2.45, 2.75) is 26.4 Å². The van der Waals surface area contributed by atoms with Gasteiger partial charge in [-0.15, -0.1) is 0 Å². The van der Waals surface area contributed by atoms with E-state index in [0.717, 1.165) is 16.7 Å². The van der Waals surface area contributed by atoms with E-state index >= 15 is 0 Å². The highest BCUT2D eigenvalue weighted by atomic mass is 16.5. The third-order valence-corrected chi connectivity index (χ3v) is 4.38. The Morgan fingerprint density at radius 1 is 1.06 bits per heavy atom. The molecule has 0 spiro atoms. The monoisotopic (exact) mass is 424 g/mol. The first-order valence-electron chi connectivity index (χ1n) is 9.93. The van der Waals surface area contributed by atoms with Gasteiger partial charge in [-0.05, 0) is 55.3 Å². The Labute approximate surface area is 183 Å². The predicted molar refractivity (Wildman–Crippen MR) is 119 cm³/mol. The van der Waals surface area contributed by atoms with Crippen LogP contribution in [-0.2, 0) is 16.0 Å². The van der Waals surface area contributed by atoms with Gasteiger partial charge in [-0.2, -0.15) is 0 Å². The van der Waals surface area contributed by atoms with Crippen LogP contribution >= 0.6 is 0 Å². The topological polar surface area (TPSA) is 74.2 Å². The Morgan fingerprint density at radius 3 is 2.26 bits per heavy atom. The van der Waals surface area contributed by atoms with Crippen molar-refractivity contribution < 1.29 is 28.8 Å². The number of aliphatic carboxylic acids is 1. The van der Waals surface area contributed by atoms with Crippen LogP contribution in [0.15, 0.2) is 54.1 Å². The summed E-state index contributed by atoms with van der Waals surface area (Å²) < 4.78 is 21.5. The average Bonchev–Trinajstić information content (AvgIpc) is 2.78. The van der Waals surface area contributed by atoms with Gasteiger partial charge in [0.2, 0.25) is 0 Å². The Hall–Kier alpha value is -3.43. The maximum absolute atomic E-state index is 11.2. The van der Waals surface area contributed by atoms with Gasteiger partial charge in [0.25, 0.3) is 0 Å². The number of carboxylic acids is 1. The molecule has 2 aromatic carbocycles. The van der Waals surface area contributed by atoms with Crippen LogP contribution in [0.5, 0.6) is 17.2 Å². The third kappa shape index (κ3) is 8.07. The number of benzene rings is 2. The van der Waals surface area contributed by atoms with Crippen molar-refractivity contribution in [1.82, 2.24) is 0 Å². The van der Waals surface area contributed by atoms with E-state index < -0.39 is 12.1 Å². The van der Waals surface area contributed by atoms with E-state index in [-0.39, 0.29) is 0 Å². The maximum atomic E-state index is 11.2. The Bertz CT molecular complexity index is 928. The first kappa shape index (κ1) is 23.8. The summed E-state index contributed by atoms with van der Waals surface area (Å²) in [6, 6.07) is 12.8. The van der Waals surface area contributed by atoms with Gasteiger partial charge in [0.1, 0.15) is 23.9 Å². The smallest absolute Gasteiger partial charge is 0.333 e. The van der Waals surface area contributed by atoms with Crippen molar-refractivity contribution >= 4 is 5.97 Å². The standard InChI is InChI=1S/C25H28O6/c1-5-30-24(25(26)27)16-19-8-10-21(11-9-19)31-13-12-18(2)6-7-20-14-22(28-3)17-23(15-20)29-4/h8-12,14-15,17,24H,5,13,16H2,1-4H3,(H,26,27)/b18-12+/t24-/m0/s1. The quantitative estimate of drug-likeness (QED) is 0.579. The van der Waals surface area contributed by atoms with Gasteiger partial charge in [0.15, 0.2) is 6.10 Å². The van der Waals surface area contributed by atoms with Crippen LogP contribution in [0, 0.1) is 11.8 Å². The number of allylic oxidation sites excluding steroid dienone is 1. The number of hydrogen-bond donors (Lipinski definition) is 1. The number of carbonyl (C=O) groups is 1. The maximum Gasteiger partial charge on any atom is 0.333 e. The zero-order valence-electron chi connectivity index (χ0n) is 18.3. The second-order valence-corrected chi connectivity index (χ2v) is 6.68. The van der Waals surface area contributed by atoms with E-state index in [4.69, 9.17) is 18.9 Å². The van der Waals surface area contributed by atoms with Crippen LogP contribution in [0.1, 0.15) is 25.0 Å². The van der Waals surface area contributed by atoms with E-state index in [1.807, 2.05) is 49.4 Å². The van der Waals surface area contributed by atoms with Gasteiger partial charge in [0.05, 0.1) is 14.2 Å². The average molecular weight is 424 g/mol. The van der Waals surface area contributed by atoms with Crippen molar-refractivity contribution in [1.29, 1.82) is 0 Å². The minimum atomic E-state index is -0.962. The Kier molecular flexibility index (Phi) is 9.47. The molecule has 6 heteroatoms. The van der Waals surface area contributed by atoms with Gasteiger partial charge in [-0.25, -0.2) is 4.79 Å². The molecule has 31 heavy (non-hydrogen) atoms. The molecule has 1 N–H and O–H groups in total. The van der Waals surface area contributed by atoms with Crippen LogP contribution in [0.4, 0.5) is 0 Å². The summed E-state index contributed by atoms with van der Waals surface area (Å²) in [4.78, 5) is 11.2. The predicted octanol–water partition coefficient (Wildman–Crippen LogP) is 4.11. The summed E-state index contributed by atoms with van der Waals surface area (Å²) in [6.07, 6.45) is 1.37. The molecule has 0 aliphatic carbocycles. The zero-order valence-corrected chi connectivity index (χ0v) is 18.3. The lowest BCUT2D eigenvalue weighted by Crippen LogP contribution is -2.26. The number of hydrogen-bond acceptors (Lipinski definition) is 5. The summed E-state index contributed by atoms with van der Waals surface area (Å²) in [6.45, 7) is 4.42. The van der Waals surface area contributed by atoms with E-state index in [9.17, 15) is 9.90 Å². The molecule has 0 saturated carbocycles. The molecule has 0 aliphatic heterocycles. The lowest BCUT2D eigenvalue weighted by Gasteiger charge is -2.12. The third-order valence-electron chi connectivity index (χ3n) is 4.38. The van der Waals surface area contributed by atoms with Crippen molar-refractivity contribution in [2.24, 2.45) is 0 Å². The molecule has 0 heterocycles. The van der Waals surface area contributed by atoms with E-state index in [0.29, 0.717) is 36.9 Å². The van der Waals surface area contributed by atoms with E-state index in [1.54, 1.807) is 27.2 Å². The zero-order chi connectivity index (χ0) is 22.6. The van der Waals surface area contributed by atoms with Gasteiger partial charge in [-0.1, -0.05) is 24.0 Å². The molecule has 164 valence electrons. The van der Waals surface area contributed by atoms with Crippen molar-refractivity contribution in [2.75, 3.05) is 27.4 Å². The first-order valence-corrected chi connectivity index (χ1v) is 9.93. The second kappa shape index (κ2) is 12.3. The Balaban J connectivity index is 1.93. The van der Waals surface area contributed by atoms with Gasteiger partial charge >= 0.3 is 5.97 Å². The number of methoxy groups -OCH3 is 2. The molecule has 0 bridgehead atoms. The molecule has 0 saturated heterocycles. The number of ether oxygens (including phenoxy) is 4. The summed E-state index contributed by atoms with van der Waals surface area (Å²) >= 11 is 0. The highest BCUT2D eigenvalue weighted by molar-refractivity contribution is 5.72. The summed E-state index contributed by atoms with van der Waals surface area (Å²) in [7, 11) is 3.20. The summed E-state index contributed by atoms with van der Waals surface area (Å²) in [5.74, 6) is 7.30. The van der Waals surface area contributed by atoms with E-state index in [2.05, 4.69) is 11.8 Å². The molecular formula is C25H28O6. The SMILES string of the molecule is CCO[C@@H](Cc1ccc(OC/C=C(\C)C#Cc2cc(OC)cc(OC)c2)cc1)C(=O)O. The minimum absolute atomic E-state index is 0.313. The van der Waals surface area contributed by atoms with Crippen molar-refractivity contribution in [3.8, 4) is 29.1 Å². The molecule has 0 radical (unpaired) electrons. The molecule has 0 aromatic heterocycles. The van der Waals surface area contributed by atoms with Crippen molar-refractivity contribution in [3.63, 3.8) is 0 Å². The first-order chi connectivity index (χ1) is 14.9. The normalized spacial score (nSPS) is 11.8. The fourth-order valence-electron chi connectivity index (χ4n) is 2.72. The fraction of sp³-hybridized carbons (Fsp3) is 0.320. The Morgan fingerprint density at radius 2 is 1.71 bits per heavy atom.